The van der Waals surface area contributed by atoms with Gasteiger partial charge in [0.25, 0.3) is 0 Å². The van der Waals surface area contributed by atoms with Crippen molar-refractivity contribution in [2.24, 2.45) is 0 Å². The van der Waals surface area contributed by atoms with Crippen LogP contribution in [0.25, 0.3) is 0 Å². The minimum atomic E-state index is -2.95. The van der Waals surface area contributed by atoms with Gasteiger partial charge >= 0.3 is 0 Å². The molecule has 1 heterocycles. The highest BCUT2D eigenvalue weighted by atomic mass is 32.2. The number of sulfonamides is 1. The average molecular weight is 206 g/mol. The molecular weight excluding hydrogens is 188 g/mol. The summed E-state index contributed by atoms with van der Waals surface area (Å²) in [6.45, 7) is 4.84. The monoisotopic (exact) mass is 206 g/mol. The van der Waals surface area contributed by atoms with Gasteiger partial charge in [0.2, 0.25) is 10.0 Å². The van der Waals surface area contributed by atoms with Gasteiger partial charge in [-0.05, 0) is 6.42 Å². The van der Waals surface area contributed by atoms with Gasteiger partial charge in [-0.2, -0.15) is 4.31 Å². The van der Waals surface area contributed by atoms with E-state index < -0.39 is 10.0 Å². The lowest BCUT2D eigenvalue weighted by atomic mass is 10.4. The van der Waals surface area contributed by atoms with E-state index in [1.54, 1.807) is 4.31 Å². The number of piperazine rings is 1. The minimum Gasteiger partial charge on any atom is -0.314 e. The molecule has 1 N–H and O–H groups in total. The van der Waals surface area contributed by atoms with Gasteiger partial charge in [0.1, 0.15) is 0 Å². The second-order valence-electron chi connectivity index (χ2n) is 3.32. The van der Waals surface area contributed by atoms with E-state index in [1.807, 2.05) is 6.92 Å². The molecule has 0 aliphatic carbocycles. The molecule has 0 bridgehead atoms. The van der Waals surface area contributed by atoms with Crippen LogP contribution < -0.4 is 5.32 Å². The third-order valence-corrected chi connectivity index (χ3v) is 4.18. The molecule has 0 amide bonds. The van der Waals surface area contributed by atoms with Crippen LogP contribution in [0.4, 0.5) is 0 Å². The molecule has 0 atom stereocenters. The van der Waals surface area contributed by atoms with E-state index in [1.165, 1.54) is 0 Å². The van der Waals surface area contributed by atoms with Crippen molar-refractivity contribution in [1.82, 2.24) is 9.62 Å². The molecule has 0 unspecified atom stereocenters. The number of hydrogen-bond acceptors (Lipinski definition) is 3. The predicted molar refractivity (Wildman–Crippen MR) is 53.1 cm³/mol. The van der Waals surface area contributed by atoms with Crippen molar-refractivity contribution in [2.75, 3.05) is 31.9 Å². The molecule has 1 aliphatic rings. The maximum atomic E-state index is 11.6. The second-order valence-corrected chi connectivity index (χ2v) is 5.41. The molecule has 0 aromatic rings. The fourth-order valence-electron chi connectivity index (χ4n) is 1.38. The van der Waals surface area contributed by atoms with Gasteiger partial charge in [-0.1, -0.05) is 13.3 Å². The lowest BCUT2D eigenvalue weighted by Gasteiger charge is -2.26. The topological polar surface area (TPSA) is 49.4 Å². The third kappa shape index (κ3) is 3.25. The lowest BCUT2D eigenvalue weighted by Crippen LogP contribution is -2.47. The van der Waals surface area contributed by atoms with Gasteiger partial charge in [0.15, 0.2) is 0 Å². The Labute approximate surface area is 80.4 Å². The van der Waals surface area contributed by atoms with Crippen LogP contribution in [0.1, 0.15) is 19.8 Å². The zero-order valence-electron chi connectivity index (χ0n) is 8.12. The number of hydrogen-bond donors (Lipinski definition) is 1. The molecule has 0 radical (unpaired) electrons. The fraction of sp³-hybridized carbons (Fsp3) is 1.00. The highest BCUT2D eigenvalue weighted by Crippen LogP contribution is 2.05. The average Bonchev–Trinajstić information content (AvgIpc) is 2.16. The minimum absolute atomic E-state index is 0.309. The zero-order chi connectivity index (χ0) is 9.73. The Bertz CT molecular complexity index is 233. The normalized spacial score (nSPS) is 20.4. The molecule has 5 heteroatoms. The van der Waals surface area contributed by atoms with Crippen LogP contribution >= 0.6 is 0 Å². The molecule has 4 nitrogen and oxygen atoms in total. The van der Waals surface area contributed by atoms with Crippen molar-refractivity contribution in [3.05, 3.63) is 0 Å². The summed E-state index contributed by atoms with van der Waals surface area (Å²) in [6.07, 6.45) is 1.71. The zero-order valence-corrected chi connectivity index (χ0v) is 8.94. The first kappa shape index (κ1) is 10.9. The van der Waals surface area contributed by atoms with Crippen LogP contribution in [0.2, 0.25) is 0 Å². The van der Waals surface area contributed by atoms with Gasteiger partial charge < -0.3 is 5.32 Å². The quantitative estimate of drug-likeness (QED) is 0.705. The smallest absolute Gasteiger partial charge is 0.214 e. The van der Waals surface area contributed by atoms with Crippen molar-refractivity contribution in [3.63, 3.8) is 0 Å². The Balaban J connectivity index is 2.47. The Morgan fingerprint density at radius 3 is 2.46 bits per heavy atom. The summed E-state index contributed by atoms with van der Waals surface area (Å²) in [7, 11) is -2.95. The maximum absolute atomic E-state index is 11.6. The molecule has 78 valence electrons. The van der Waals surface area contributed by atoms with E-state index in [-0.39, 0.29) is 0 Å². The Kier molecular flexibility index (Phi) is 4.15. The molecule has 0 aromatic carbocycles. The lowest BCUT2D eigenvalue weighted by molar-refractivity contribution is 0.359. The fourth-order valence-corrected chi connectivity index (χ4v) is 3.03. The van der Waals surface area contributed by atoms with Gasteiger partial charge in [-0.25, -0.2) is 8.42 Å². The van der Waals surface area contributed by atoms with Crippen LogP contribution in [0.5, 0.6) is 0 Å². The number of unbranched alkanes of at least 4 members (excludes halogenated alkanes) is 1. The molecule has 1 fully saturated rings. The number of nitrogens with one attached hydrogen (secondary N) is 1. The largest absolute Gasteiger partial charge is 0.314 e. The summed E-state index contributed by atoms with van der Waals surface area (Å²) in [4.78, 5) is 0. The van der Waals surface area contributed by atoms with Crippen LogP contribution in [0.3, 0.4) is 0 Å². The molecule has 1 rings (SSSR count). The highest BCUT2D eigenvalue weighted by molar-refractivity contribution is 7.89. The molecular formula is C8H18N2O2S. The van der Waals surface area contributed by atoms with Crippen molar-refractivity contribution in [1.29, 1.82) is 0 Å². The van der Waals surface area contributed by atoms with Crippen molar-refractivity contribution < 1.29 is 8.42 Å². The van der Waals surface area contributed by atoms with E-state index in [0.29, 0.717) is 18.8 Å². The van der Waals surface area contributed by atoms with Crippen molar-refractivity contribution >= 4 is 10.0 Å². The molecule has 0 aromatic heterocycles. The molecule has 1 saturated heterocycles. The Morgan fingerprint density at radius 1 is 1.31 bits per heavy atom. The van der Waals surface area contributed by atoms with E-state index in [4.69, 9.17) is 0 Å². The van der Waals surface area contributed by atoms with E-state index in [2.05, 4.69) is 5.32 Å². The summed E-state index contributed by atoms with van der Waals surface area (Å²) >= 11 is 0. The first-order valence-corrected chi connectivity index (χ1v) is 6.46. The van der Waals surface area contributed by atoms with Gasteiger partial charge in [-0.15, -0.1) is 0 Å². The summed E-state index contributed by atoms with van der Waals surface area (Å²) < 4.78 is 24.9. The van der Waals surface area contributed by atoms with E-state index in [0.717, 1.165) is 25.9 Å². The summed E-state index contributed by atoms with van der Waals surface area (Å²) in [5, 5.41) is 3.14. The van der Waals surface area contributed by atoms with Crippen LogP contribution in [-0.2, 0) is 10.0 Å². The predicted octanol–water partition coefficient (Wildman–Crippen LogP) is 0.0215. The van der Waals surface area contributed by atoms with E-state index in [9.17, 15) is 8.42 Å². The third-order valence-electron chi connectivity index (χ3n) is 2.23. The molecule has 13 heavy (non-hydrogen) atoms. The van der Waals surface area contributed by atoms with Crippen molar-refractivity contribution in [3.8, 4) is 0 Å². The SMILES string of the molecule is CCCCS(=O)(=O)N1CCNCC1. The number of nitrogens with zero attached hydrogens (tertiary/aromatic N) is 1. The van der Waals surface area contributed by atoms with Gasteiger partial charge in [0, 0.05) is 26.2 Å². The molecule has 0 saturated carbocycles. The summed E-state index contributed by atoms with van der Waals surface area (Å²) in [5.41, 5.74) is 0. The maximum Gasteiger partial charge on any atom is 0.214 e. The second kappa shape index (κ2) is 4.93. The number of rotatable bonds is 4. The van der Waals surface area contributed by atoms with Crippen LogP contribution in [0, 0.1) is 0 Å². The van der Waals surface area contributed by atoms with Gasteiger partial charge in [0.05, 0.1) is 5.75 Å². The standard InChI is InChI=1S/C8H18N2O2S/c1-2-3-8-13(11,12)10-6-4-9-5-7-10/h9H,2-8H2,1H3. The van der Waals surface area contributed by atoms with Crippen molar-refractivity contribution in [2.45, 2.75) is 19.8 Å². The Morgan fingerprint density at radius 2 is 1.92 bits per heavy atom. The molecule has 0 spiro atoms. The Hall–Kier alpha value is -0.130. The van der Waals surface area contributed by atoms with Crippen LogP contribution in [0.15, 0.2) is 0 Å². The van der Waals surface area contributed by atoms with Gasteiger partial charge in [-0.3, -0.25) is 0 Å². The van der Waals surface area contributed by atoms with E-state index >= 15 is 0 Å². The van der Waals surface area contributed by atoms with Crippen LogP contribution in [-0.4, -0.2) is 44.7 Å². The first-order valence-electron chi connectivity index (χ1n) is 4.85. The first-order chi connectivity index (χ1) is 6.17. The highest BCUT2D eigenvalue weighted by Gasteiger charge is 2.22. The molecule has 1 aliphatic heterocycles. The summed E-state index contributed by atoms with van der Waals surface area (Å²) in [6, 6.07) is 0. The summed E-state index contributed by atoms with van der Waals surface area (Å²) in [5.74, 6) is 0.309.